The smallest absolute Gasteiger partial charge is 0.344 e. The molecule has 0 saturated carbocycles. The van der Waals surface area contributed by atoms with Crippen molar-refractivity contribution < 1.29 is 4.74 Å². The Morgan fingerprint density at radius 3 is 2.61 bits per heavy atom. The molecule has 1 heterocycles. The molecule has 0 fully saturated rings. The summed E-state index contributed by atoms with van der Waals surface area (Å²) in [4.78, 5) is 17.2. The molecule has 18 heavy (non-hydrogen) atoms. The van der Waals surface area contributed by atoms with Crippen LogP contribution in [0.2, 0.25) is 0 Å². The molecule has 1 aromatic carbocycles. The first-order valence-electron chi connectivity index (χ1n) is 5.85. The third kappa shape index (κ3) is 2.42. The zero-order valence-corrected chi connectivity index (χ0v) is 10.7. The number of methoxy groups -OCH3 is 1. The molecule has 0 spiro atoms. The quantitative estimate of drug-likeness (QED) is 0.902. The fourth-order valence-corrected chi connectivity index (χ4v) is 1.87. The minimum absolute atomic E-state index is 0.337. The number of aromatic amines is 1. The largest absolute Gasteiger partial charge is 0.496 e. The Morgan fingerprint density at radius 1 is 1.28 bits per heavy atom. The van der Waals surface area contributed by atoms with Gasteiger partial charge in [-0.25, -0.2) is 9.78 Å². The molecule has 0 amide bonds. The molecule has 0 aliphatic heterocycles. The molecule has 0 unspecified atom stereocenters. The number of ether oxygens (including phenoxy) is 1. The van der Waals surface area contributed by atoms with Crippen molar-refractivity contribution in [2.45, 2.75) is 19.8 Å². The average molecular weight is 244 g/mol. The maximum Gasteiger partial charge on any atom is 0.344 e. The van der Waals surface area contributed by atoms with Gasteiger partial charge in [-0.3, -0.25) is 0 Å². The van der Waals surface area contributed by atoms with Gasteiger partial charge in [0.2, 0.25) is 0 Å². The van der Waals surface area contributed by atoms with Crippen LogP contribution in [0.15, 0.2) is 35.4 Å². The number of benzene rings is 1. The van der Waals surface area contributed by atoms with Crippen molar-refractivity contribution in [1.82, 2.24) is 9.97 Å². The van der Waals surface area contributed by atoms with Gasteiger partial charge in [0.1, 0.15) is 5.75 Å². The Labute approximate surface area is 106 Å². The van der Waals surface area contributed by atoms with Crippen LogP contribution in [0.25, 0.3) is 11.1 Å². The fourth-order valence-electron chi connectivity index (χ4n) is 1.87. The second-order valence-electron chi connectivity index (χ2n) is 4.42. The van der Waals surface area contributed by atoms with Gasteiger partial charge >= 0.3 is 5.69 Å². The molecular formula is C14H16N2O2. The van der Waals surface area contributed by atoms with Gasteiger partial charge in [0.15, 0.2) is 0 Å². The van der Waals surface area contributed by atoms with Crippen LogP contribution in [0.1, 0.15) is 25.3 Å². The van der Waals surface area contributed by atoms with Crippen LogP contribution < -0.4 is 10.4 Å². The molecule has 0 radical (unpaired) electrons. The summed E-state index contributed by atoms with van der Waals surface area (Å²) in [6, 6.07) is 5.97. The lowest BCUT2D eigenvalue weighted by molar-refractivity contribution is 0.407. The van der Waals surface area contributed by atoms with Crippen LogP contribution in [0, 0.1) is 0 Å². The molecule has 2 aromatic rings. The maximum atomic E-state index is 10.9. The van der Waals surface area contributed by atoms with E-state index in [0.29, 0.717) is 5.92 Å². The number of rotatable bonds is 3. The van der Waals surface area contributed by atoms with Gasteiger partial charge in [-0.05, 0) is 29.2 Å². The topological polar surface area (TPSA) is 55.0 Å². The van der Waals surface area contributed by atoms with Crippen molar-refractivity contribution in [3.63, 3.8) is 0 Å². The molecular weight excluding hydrogens is 228 g/mol. The van der Waals surface area contributed by atoms with Crippen molar-refractivity contribution in [2.24, 2.45) is 0 Å². The zero-order chi connectivity index (χ0) is 13.1. The first-order valence-corrected chi connectivity index (χ1v) is 5.85. The summed E-state index contributed by atoms with van der Waals surface area (Å²) in [5.41, 5.74) is 2.71. The molecule has 1 aromatic heterocycles. The molecule has 0 saturated heterocycles. The van der Waals surface area contributed by atoms with Gasteiger partial charge in [-0.1, -0.05) is 19.9 Å². The Bertz CT molecular complexity index is 582. The summed E-state index contributed by atoms with van der Waals surface area (Å²) in [6.45, 7) is 4.24. The van der Waals surface area contributed by atoms with Crippen molar-refractivity contribution in [1.29, 1.82) is 0 Å². The Balaban J connectivity index is 2.49. The van der Waals surface area contributed by atoms with Crippen molar-refractivity contribution in [2.75, 3.05) is 7.11 Å². The Morgan fingerprint density at radius 2 is 2.06 bits per heavy atom. The first kappa shape index (κ1) is 12.4. The van der Waals surface area contributed by atoms with E-state index in [1.807, 2.05) is 12.1 Å². The molecule has 0 aliphatic carbocycles. The molecule has 2 rings (SSSR count). The Hall–Kier alpha value is -2.10. The molecule has 1 N–H and O–H groups in total. The van der Waals surface area contributed by atoms with E-state index in [1.165, 1.54) is 0 Å². The summed E-state index contributed by atoms with van der Waals surface area (Å²) in [5, 5.41) is 0. The number of hydrogen-bond acceptors (Lipinski definition) is 3. The third-order valence-electron chi connectivity index (χ3n) is 2.86. The highest BCUT2D eigenvalue weighted by molar-refractivity contribution is 5.64. The van der Waals surface area contributed by atoms with E-state index in [9.17, 15) is 4.79 Å². The van der Waals surface area contributed by atoms with Crippen LogP contribution in [0.5, 0.6) is 5.75 Å². The second-order valence-corrected chi connectivity index (χ2v) is 4.42. The summed E-state index contributed by atoms with van der Waals surface area (Å²) in [7, 11) is 1.67. The molecule has 0 atom stereocenters. The average Bonchev–Trinajstić information content (AvgIpc) is 2.39. The molecule has 94 valence electrons. The van der Waals surface area contributed by atoms with E-state index < -0.39 is 0 Å². The van der Waals surface area contributed by atoms with Gasteiger partial charge < -0.3 is 9.72 Å². The van der Waals surface area contributed by atoms with E-state index in [4.69, 9.17) is 4.74 Å². The maximum absolute atomic E-state index is 10.9. The summed E-state index contributed by atoms with van der Waals surface area (Å²) < 4.78 is 5.34. The Kier molecular flexibility index (Phi) is 3.46. The van der Waals surface area contributed by atoms with E-state index in [2.05, 4.69) is 29.9 Å². The summed E-state index contributed by atoms with van der Waals surface area (Å²) >= 11 is 0. The highest BCUT2D eigenvalue weighted by Gasteiger charge is 2.09. The van der Waals surface area contributed by atoms with Crippen LogP contribution >= 0.6 is 0 Å². The van der Waals surface area contributed by atoms with Crippen molar-refractivity contribution >= 4 is 0 Å². The highest BCUT2D eigenvalue weighted by atomic mass is 16.5. The number of nitrogens with one attached hydrogen (secondary N) is 1. The predicted octanol–water partition coefficient (Wildman–Crippen LogP) is 2.57. The lowest BCUT2D eigenvalue weighted by atomic mass is 9.97. The normalized spacial score (nSPS) is 10.7. The molecule has 0 aliphatic rings. The van der Waals surface area contributed by atoms with Crippen LogP contribution in [-0.4, -0.2) is 17.1 Å². The highest BCUT2D eigenvalue weighted by Crippen LogP contribution is 2.30. The first-order chi connectivity index (χ1) is 8.61. The van der Waals surface area contributed by atoms with E-state index in [-0.39, 0.29) is 5.69 Å². The van der Waals surface area contributed by atoms with Gasteiger partial charge in [-0.15, -0.1) is 0 Å². The lowest BCUT2D eigenvalue weighted by Gasteiger charge is -2.13. The number of H-pyrrole nitrogens is 1. The fraction of sp³-hybridized carbons (Fsp3) is 0.286. The minimum Gasteiger partial charge on any atom is -0.496 e. The standard InChI is InChI=1S/C14H16N2O2/c1-9(2)12-6-10(4-5-13(12)18-3)11-7-15-14(17)16-8-11/h4-9H,1-3H3,(H,15,16,17). The number of hydrogen-bond donors (Lipinski definition) is 1. The van der Waals surface area contributed by atoms with E-state index in [1.54, 1.807) is 19.5 Å². The predicted molar refractivity (Wildman–Crippen MR) is 70.9 cm³/mol. The van der Waals surface area contributed by atoms with Gasteiger partial charge in [0.25, 0.3) is 0 Å². The lowest BCUT2D eigenvalue weighted by Crippen LogP contribution is -2.07. The van der Waals surface area contributed by atoms with Gasteiger partial charge in [0.05, 0.1) is 7.11 Å². The zero-order valence-electron chi connectivity index (χ0n) is 10.7. The van der Waals surface area contributed by atoms with Gasteiger partial charge in [-0.2, -0.15) is 0 Å². The second kappa shape index (κ2) is 5.04. The summed E-state index contributed by atoms with van der Waals surface area (Å²) in [5.74, 6) is 1.25. The third-order valence-corrected chi connectivity index (χ3v) is 2.86. The van der Waals surface area contributed by atoms with Gasteiger partial charge in [0, 0.05) is 18.0 Å². The number of aromatic nitrogens is 2. The number of nitrogens with zero attached hydrogens (tertiary/aromatic N) is 1. The minimum atomic E-state index is -0.337. The van der Waals surface area contributed by atoms with Crippen LogP contribution in [-0.2, 0) is 0 Å². The van der Waals surface area contributed by atoms with Crippen molar-refractivity contribution in [3.8, 4) is 16.9 Å². The SMILES string of the molecule is COc1ccc(-c2cnc(=O)[nH]c2)cc1C(C)C. The van der Waals surface area contributed by atoms with Crippen LogP contribution in [0.3, 0.4) is 0 Å². The monoisotopic (exact) mass is 244 g/mol. The molecule has 0 bridgehead atoms. The van der Waals surface area contributed by atoms with Crippen LogP contribution in [0.4, 0.5) is 0 Å². The molecule has 4 heteroatoms. The molecule has 4 nitrogen and oxygen atoms in total. The van der Waals surface area contributed by atoms with E-state index in [0.717, 1.165) is 22.4 Å². The van der Waals surface area contributed by atoms with E-state index >= 15 is 0 Å². The van der Waals surface area contributed by atoms with Crippen molar-refractivity contribution in [3.05, 3.63) is 46.6 Å². The summed E-state index contributed by atoms with van der Waals surface area (Å²) in [6.07, 6.45) is 3.24.